The molecule has 192 valence electrons. The zero-order valence-corrected chi connectivity index (χ0v) is 20.3. The summed E-state index contributed by atoms with van der Waals surface area (Å²) in [5, 5.41) is 10.9. The van der Waals surface area contributed by atoms with Gasteiger partial charge in [-0.2, -0.15) is 0 Å². The van der Waals surface area contributed by atoms with Crippen LogP contribution in [0.4, 0.5) is 11.4 Å². The number of Topliss-reactive ketones (excluding diaryl/α,β-unsaturated/α-hetero) is 1. The number of amides is 2. The molecule has 3 aromatic rings. The van der Waals surface area contributed by atoms with Gasteiger partial charge in [-0.15, -0.1) is 0 Å². The molecule has 0 N–H and O–H groups in total. The highest BCUT2D eigenvalue weighted by atomic mass is 16.6. The maximum Gasteiger partial charge on any atom is 0.338 e. The molecule has 38 heavy (non-hydrogen) atoms. The summed E-state index contributed by atoms with van der Waals surface area (Å²) in [6.45, 7) is -0.614. The topological polar surface area (TPSA) is 124 Å². The van der Waals surface area contributed by atoms with E-state index in [0.29, 0.717) is 12.8 Å². The Bertz CT molecular complexity index is 1440. The summed E-state index contributed by atoms with van der Waals surface area (Å²) in [6, 6.07) is 21.1. The van der Waals surface area contributed by atoms with Crippen LogP contribution in [0.1, 0.15) is 51.5 Å². The number of hydrogen-bond donors (Lipinski definition) is 0. The van der Waals surface area contributed by atoms with Gasteiger partial charge in [-0.1, -0.05) is 48.5 Å². The van der Waals surface area contributed by atoms with Gasteiger partial charge in [0.15, 0.2) is 6.61 Å². The number of benzene rings is 3. The molecule has 1 heterocycles. The summed E-state index contributed by atoms with van der Waals surface area (Å²) in [5.74, 6) is -2.54. The minimum absolute atomic E-state index is 0.0467. The molecule has 1 aliphatic heterocycles. The van der Waals surface area contributed by atoms with Crippen molar-refractivity contribution in [1.29, 1.82) is 0 Å². The standard InChI is InChI=1S/C29H24N2O7/c32-26(20-8-4-11-23(14-20)31(36)37)17-38-29(35)21-9-5-10-22(15-21)30-27(33)24-13-12-19(16-25(24)28(30)34)18-6-2-1-3-7-18/h1-11,14-15,19,24-25H,12-13,16-17H2/t19-,24+,25+/m0/s1. The molecule has 1 saturated heterocycles. The van der Waals surface area contributed by atoms with Crippen molar-refractivity contribution in [3.63, 3.8) is 0 Å². The largest absolute Gasteiger partial charge is 0.454 e. The average Bonchev–Trinajstić information content (AvgIpc) is 3.20. The lowest BCUT2D eigenvalue weighted by atomic mass is 9.73. The first-order chi connectivity index (χ1) is 18.3. The van der Waals surface area contributed by atoms with Crippen molar-refractivity contribution in [2.45, 2.75) is 25.2 Å². The Hall–Kier alpha value is -4.66. The van der Waals surface area contributed by atoms with E-state index in [9.17, 15) is 29.3 Å². The van der Waals surface area contributed by atoms with Crippen LogP contribution in [-0.4, -0.2) is 35.1 Å². The van der Waals surface area contributed by atoms with Gasteiger partial charge in [0.25, 0.3) is 5.69 Å². The molecule has 2 aliphatic rings. The Morgan fingerprint density at radius 2 is 1.58 bits per heavy atom. The van der Waals surface area contributed by atoms with Crippen LogP contribution in [0.3, 0.4) is 0 Å². The molecule has 0 unspecified atom stereocenters. The summed E-state index contributed by atoms with van der Waals surface area (Å²) in [6.07, 6.45) is 2.03. The summed E-state index contributed by atoms with van der Waals surface area (Å²) in [7, 11) is 0. The molecule has 1 aliphatic carbocycles. The van der Waals surface area contributed by atoms with E-state index in [0.717, 1.165) is 23.0 Å². The van der Waals surface area contributed by atoms with Crippen LogP contribution in [0.2, 0.25) is 0 Å². The Morgan fingerprint density at radius 3 is 2.34 bits per heavy atom. The van der Waals surface area contributed by atoms with Crippen molar-refractivity contribution in [2.75, 3.05) is 11.5 Å². The first-order valence-corrected chi connectivity index (χ1v) is 12.3. The van der Waals surface area contributed by atoms with E-state index in [1.165, 1.54) is 30.3 Å². The Labute approximate surface area is 218 Å². The number of hydrogen-bond acceptors (Lipinski definition) is 7. The molecular formula is C29H24N2O7. The lowest BCUT2D eigenvalue weighted by molar-refractivity contribution is -0.384. The summed E-state index contributed by atoms with van der Waals surface area (Å²) < 4.78 is 5.13. The van der Waals surface area contributed by atoms with E-state index >= 15 is 0 Å². The van der Waals surface area contributed by atoms with Crippen LogP contribution in [0, 0.1) is 22.0 Å². The van der Waals surface area contributed by atoms with E-state index in [1.807, 2.05) is 30.3 Å². The fourth-order valence-corrected chi connectivity index (χ4v) is 5.32. The van der Waals surface area contributed by atoms with E-state index in [4.69, 9.17) is 4.74 Å². The number of carbonyl (C=O) groups is 4. The molecule has 0 radical (unpaired) electrons. The second-order valence-electron chi connectivity index (χ2n) is 9.50. The van der Waals surface area contributed by atoms with Crippen molar-refractivity contribution in [1.82, 2.24) is 0 Å². The monoisotopic (exact) mass is 512 g/mol. The third kappa shape index (κ3) is 4.82. The number of ether oxygens (including phenoxy) is 1. The quantitative estimate of drug-likeness (QED) is 0.148. The molecule has 3 aromatic carbocycles. The molecule has 5 rings (SSSR count). The normalized spacial score (nSPS) is 20.6. The predicted molar refractivity (Wildman–Crippen MR) is 137 cm³/mol. The van der Waals surface area contributed by atoms with Crippen molar-refractivity contribution in [3.05, 3.63) is 106 Å². The number of non-ortho nitro benzene ring substituents is 1. The smallest absolute Gasteiger partial charge is 0.338 e. The molecule has 3 atom stereocenters. The summed E-state index contributed by atoms with van der Waals surface area (Å²) in [4.78, 5) is 63.1. The number of carbonyl (C=O) groups excluding carboxylic acids is 4. The number of nitro groups is 1. The minimum Gasteiger partial charge on any atom is -0.454 e. The summed E-state index contributed by atoms with van der Waals surface area (Å²) in [5.41, 5.74) is 1.32. The van der Waals surface area contributed by atoms with Crippen LogP contribution in [0.15, 0.2) is 78.9 Å². The van der Waals surface area contributed by atoms with Gasteiger partial charge in [-0.05, 0) is 48.9 Å². The zero-order valence-electron chi connectivity index (χ0n) is 20.3. The first-order valence-electron chi connectivity index (χ1n) is 12.3. The fraction of sp³-hybridized carbons (Fsp3) is 0.241. The van der Waals surface area contributed by atoms with Gasteiger partial charge in [0.2, 0.25) is 17.6 Å². The molecule has 9 heteroatoms. The Morgan fingerprint density at radius 1 is 0.868 bits per heavy atom. The molecule has 0 spiro atoms. The zero-order chi connectivity index (χ0) is 26.8. The van der Waals surface area contributed by atoms with Gasteiger partial charge in [0, 0.05) is 17.7 Å². The number of esters is 1. The van der Waals surface area contributed by atoms with Crippen molar-refractivity contribution in [2.24, 2.45) is 11.8 Å². The average molecular weight is 513 g/mol. The van der Waals surface area contributed by atoms with Crippen LogP contribution in [0.5, 0.6) is 0 Å². The van der Waals surface area contributed by atoms with Gasteiger partial charge in [0.1, 0.15) is 0 Å². The number of rotatable bonds is 7. The molecule has 2 amide bonds. The van der Waals surface area contributed by atoms with Crippen LogP contribution < -0.4 is 4.90 Å². The Kier molecular flexibility index (Phi) is 6.83. The van der Waals surface area contributed by atoms with Crippen molar-refractivity contribution >= 4 is 34.9 Å². The van der Waals surface area contributed by atoms with E-state index in [1.54, 1.807) is 12.1 Å². The molecule has 9 nitrogen and oxygen atoms in total. The Balaban J connectivity index is 1.27. The number of fused-ring (bicyclic) bond motifs is 1. The maximum atomic E-state index is 13.4. The van der Waals surface area contributed by atoms with Crippen molar-refractivity contribution < 1.29 is 28.8 Å². The number of nitro benzene ring substituents is 1. The van der Waals surface area contributed by atoms with Crippen molar-refractivity contribution in [3.8, 4) is 0 Å². The van der Waals surface area contributed by atoms with Gasteiger partial charge in [0.05, 0.1) is 28.0 Å². The van der Waals surface area contributed by atoms with Gasteiger partial charge >= 0.3 is 5.97 Å². The number of imide groups is 1. The molecule has 0 bridgehead atoms. The lowest BCUT2D eigenvalue weighted by Crippen LogP contribution is -2.31. The molecule has 2 fully saturated rings. The second kappa shape index (κ2) is 10.4. The highest BCUT2D eigenvalue weighted by Crippen LogP contribution is 2.45. The first kappa shape index (κ1) is 25.0. The number of nitrogens with zero attached hydrogens (tertiary/aromatic N) is 2. The second-order valence-corrected chi connectivity index (χ2v) is 9.50. The van der Waals surface area contributed by atoms with Crippen LogP contribution >= 0.6 is 0 Å². The van der Waals surface area contributed by atoms with Crippen LogP contribution in [-0.2, 0) is 14.3 Å². The van der Waals surface area contributed by atoms with Gasteiger partial charge in [-0.3, -0.25) is 29.4 Å². The third-order valence-corrected chi connectivity index (χ3v) is 7.25. The highest BCUT2D eigenvalue weighted by molar-refractivity contribution is 6.22. The summed E-state index contributed by atoms with van der Waals surface area (Å²) >= 11 is 0. The molecular weight excluding hydrogens is 488 g/mol. The van der Waals surface area contributed by atoms with Gasteiger partial charge < -0.3 is 4.74 Å². The lowest BCUT2D eigenvalue weighted by Gasteiger charge is -2.28. The molecule has 1 saturated carbocycles. The molecule has 0 aromatic heterocycles. The highest BCUT2D eigenvalue weighted by Gasteiger charge is 2.50. The minimum atomic E-state index is -0.814. The third-order valence-electron chi connectivity index (χ3n) is 7.25. The number of anilines is 1. The SMILES string of the molecule is O=C(COC(=O)c1cccc(N2C(=O)[C@@H]3CC[C@H](c4ccccc4)C[C@H]3C2=O)c1)c1cccc([N+](=O)[O-])c1. The van der Waals surface area contributed by atoms with E-state index in [2.05, 4.69) is 0 Å². The maximum absolute atomic E-state index is 13.4. The number of ketones is 1. The fourth-order valence-electron chi connectivity index (χ4n) is 5.32. The van der Waals surface area contributed by atoms with E-state index < -0.39 is 29.2 Å². The van der Waals surface area contributed by atoms with E-state index in [-0.39, 0.29) is 46.2 Å². The van der Waals surface area contributed by atoms with Gasteiger partial charge in [-0.25, -0.2) is 4.79 Å². The van der Waals surface area contributed by atoms with Crippen LogP contribution in [0.25, 0.3) is 0 Å². The predicted octanol–water partition coefficient (Wildman–Crippen LogP) is 4.71.